The molecule has 3 rings (SSSR count). The highest BCUT2D eigenvalue weighted by Crippen LogP contribution is 2.24. The number of benzene rings is 2. The van der Waals surface area contributed by atoms with E-state index in [4.69, 9.17) is 0 Å². The second-order valence-corrected chi connectivity index (χ2v) is 6.47. The molecule has 0 saturated heterocycles. The molecule has 23 heavy (non-hydrogen) atoms. The van der Waals surface area contributed by atoms with Gasteiger partial charge in [-0.15, -0.1) is 0 Å². The summed E-state index contributed by atoms with van der Waals surface area (Å²) in [7, 11) is 0. The molecule has 1 N–H and O–H groups in total. The monoisotopic (exact) mass is 322 g/mol. The highest BCUT2D eigenvalue weighted by Gasteiger charge is 2.08. The van der Waals surface area contributed by atoms with Crippen molar-refractivity contribution < 1.29 is 4.79 Å². The lowest BCUT2D eigenvalue weighted by Crippen LogP contribution is -2.14. The van der Waals surface area contributed by atoms with Gasteiger partial charge in [-0.2, -0.15) is 0 Å². The van der Waals surface area contributed by atoms with Crippen LogP contribution in [0.25, 0.3) is 10.9 Å². The summed E-state index contributed by atoms with van der Waals surface area (Å²) in [5.74, 6) is 0.327. The summed E-state index contributed by atoms with van der Waals surface area (Å²) in [4.78, 5) is 16.7. The molecule has 1 heterocycles. The number of thioether (sulfide) groups is 1. The molecule has 0 atom stereocenters. The Kier molecular flexibility index (Phi) is 4.63. The predicted molar refractivity (Wildman–Crippen MR) is 97.0 cm³/mol. The van der Waals surface area contributed by atoms with E-state index in [2.05, 4.69) is 16.4 Å². The van der Waals surface area contributed by atoms with Crippen molar-refractivity contribution in [3.05, 3.63) is 65.7 Å². The van der Waals surface area contributed by atoms with Gasteiger partial charge in [0.2, 0.25) is 5.91 Å². The Morgan fingerprint density at radius 3 is 2.61 bits per heavy atom. The van der Waals surface area contributed by atoms with Gasteiger partial charge >= 0.3 is 0 Å². The number of rotatable bonds is 4. The number of para-hydroxylation sites is 1. The zero-order valence-corrected chi connectivity index (χ0v) is 14.0. The molecule has 0 fully saturated rings. The number of aryl methyl sites for hydroxylation is 2. The molecule has 3 aromatic rings. The number of fused-ring (bicyclic) bond motifs is 1. The quantitative estimate of drug-likeness (QED) is 0.715. The van der Waals surface area contributed by atoms with Crippen LogP contribution >= 0.6 is 11.8 Å². The Hall–Kier alpha value is -2.33. The number of hydrogen-bond acceptors (Lipinski definition) is 3. The van der Waals surface area contributed by atoms with Gasteiger partial charge in [-0.1, -0.05) is 47.7 Å². The number of hydrogen-bond donors (Lipinski definition) is 1. The van der Waals surface area contributed by atoms with Crippen LogP contribution in [0.4, 0.5) is 5.69 Å². The lowest BCUT2D eigenvalue weighted by atomic mass is 10.2. The molecule has 0 bridgehead atoms. The topological polar surface area (TPSA) is 42.0 Å². The van der Waals surface area contributed by atoms with Gasteiger partial charge in [0, 0.05) is 11.1 Å². The van der Waals surface area contributed by atoms with Crippen LogP contribution in [0, 0.1) is 13.8 Å². The first-order chi connectivity index (χ1) is 11.1. The van der Waals surface area contributed by atoms with Gasteiger partial charge in [-0.3, -0.25) is 4.79 Å². The van der Waals surface area contributed by atoms with Crippen molar-refractivity contribution in [2.75, 3.05) is 11.1 Å². The van der Waals surface area contributed by atoms with Crippen molar-refractivity contribution in [3.63, 3.8) is 0 Å². The van der Waals surface area contributed by atoms with E-state index in [0.717, 1.165) is 27.2 Å². The largest absolute Gasteiger partial charge is 0.325 e. The Morgan fingerprint density at radius 1 is 1.09 bits per heavy atom. The summed E-state index contributed by atoms with van der Waals surface area (Å²) < 4.78 is 0. The summed E-state index contributed by atoms with van der Waals surface area (Å²) in [5.41, 5.74) is 4.05. The van der Waals surface area contributed by atoms with E-state index < -0.39 is 0 Å². The van der Waals surface area contributed by atoms with Crippen LogP contribution in [0.5, 0.6) is 0 Å². The first-order valence-electron chi connectivity index (χ1n) is 7.47. The first-order valence-corrected chi connectivity index (χ1v) is 8.46. The maximum absolute atomic E-state index is 12.1. The molecular weight excluding hydrogens is 304 g/mol. The Morgan fingerprint density at radius 2 is 1.83 bits per heavy atom. The van der Waals surface area contributed by atoms with Crippen molar-refractivity contribution >= 4 is 34.3 Å². The van der Waals surface area contributed by atoms with Crippen LogP contribution < -0.4 is 5.32 Å². The second kappa shape index (κ2) is 6.84. The fraction of sp³-hybridized carbons (Fsp3) is 0.158. The fourth-order valence-corrected chi connectivity index (χ4v) is 3.11. The molecule has 116 valence electrons. The van der Waals surface area contributed by atoms with Crippen LogP contribution in [-0.2, 0) is 4.79 Å². The average Bonchev–Trinajstić information content (AvgIpc) is 2.55. The number of anilines is 1. The van der Waals surface area contributed by atoms with Crippen LogP contribution in [0.3, 0.4) is 0 Å². The van der Waals surface area contributed by atoms with Gasteiger partial charge in [-0.05, 0) is 43.7 Å². The maximum Gasteiger partial charge on any atom is 0.234 e. The summed E-state index contributed by atoms with van der Waals surface area (Å²) in [6.45, 7) is 4.05. The lowest BCUT2D eigenvalue weighted by molar-refractivity contribution is -0.113. The number of nitrogens with zero attached hydrogens (tertiary/aromatic N) is 1. The molecular formula is C19H18N2OS. The van der Waals surface area contributed by atoms with Crippen molar-refractivity contribution in [2.24, 2.45) is 0 Å². The van der Waals surface area contributed by atoms with Crippen molar-refractivity contribution in [3.8, 4) is 0 Å². The summed E-state index contributed by atoms with van der Waals surface area (Å²) in [6, 6.07) is 17.9. The number of carbonyl (C=O) groups is 1. The van der Waals surface area contributed by atoms with E-state index in [1.165, 1.54) is 17.3 Å². The van der Waals surface area contributed by atoms with Crippen LogP contribution in [0.2, 0.25) is 0 Å². The van der Waals surface area contributed by atoms with E-state index in [-0.39, 0.29) is 5.91 Å². The van der Waals surface area contributed by atoms with Gasteiger partial charge in [0.25, 0.3) is 0 Å². The van der Waals surface area contributed by atoms with Crippen molar-refractivity contribution in [1.82, 2.24) is 4.98 Å². The highest BCUT2D eigenvalue weighted by atomic mass is 32.2. The molecule has 4 heteroatoms. The summed E-state index contributed by atoms with van der Waals surface area (Å²) in [5, 5.41) is 4.94. The van der Waals surface area contributed by atoms with Crippen LogP contribution in [0.1, 0.15) is 11.1 Å². The molecule has 0 saturated carbocycles. The van der Waals surface area contributed by atoms with Gasteiger partial charge < -0.3 is 5.32 Å². The van der Waals surface area contributed by atoms with E-state index in [9.17, 15) is 4.79 Å². The number of nitrogens with one attached hydrogen (secondary N) is 1. The SMILES string of the molecule is Cc1ccc(NC(=O)CSc2nc3ccccc3cc2C)cc1. The fourth-order valence-electron chi connectivity index (χ4n) is 2.32. The number of carbonyl (C=O) groups excluding carboxylic acids is 1. The number of pyridine rings is 1. The zero-order valence-electron chi connectivity index (χ0n) is 13.2. The smallest absolute Gasteiger partial charge is 0.234 e. The maximum atomic E-state index is 12.1. The van der Waals surface area contributed by atoms with Gasteiger partial charge in [0.15, 0.2) is 0 Å². The third-order valence-corrected chi connectivity index (χ3v) is 4.64. The van der Waals surface area contributed by atoms with Crippen molar-refractivity contribution in [1.29, 1.82) is 0 Å². The van der Waals surface area contributed by atoms with Gasteiger partial charge in [0.05, 0.1) is 11.3 Å². The number of aromatic nitrogens is 1. The average molecular weight is 322 g/mol. The molecule has 0 radical (unpaired) electrons. The number of amides is 1. The minimum atomic E-state index is -0.0202. The standard InChI is InChI=1S/C19H18N2OS/c1-13-7-9-16(10-8-13)20-18(22)12-23-19-14(2)11-15-5-3-4-6-17(15)21-19/h3-11H,12H2,1-2H3,(H,20,22). The molecule has 3 nitrogen and oxygen atoms in total. The van der Waals surface area contributed by atoms with Crippen LogP contribution in [0.15, 0.2) is 59.6 Å². The Balaban J connectivity index is 1.66. The van der Waals surface area contributed by atoms with E-state index in [1.54, 1.807) is 0 Å². The summed E-state index contributed by atoms with van der Waals surface area (Å²) in [6.07, 6.45) is 0. The molecule has 0 aliphatic rings. The molecule has 0 aliphatic heterocycles. The molecule has 0 spiro atoms. The summed E-state index contributed by atoms with van der Waals surface area (Å²) >= 11 is 1.47. The zero-order chi connectivity index (χ0) is 16.2. The molecule has 1 aromatic heterocycles. The third-order valence-electron chi connectivity index (χ3n) is 3.54. The van der Waals surface area contributed by atoms with E-state index in [1.807, 2.05) is 62.4 Å². The van der Waals surface area contributed by atoms with E-state index >= 15 is 0 Å². The second-order valence-electron chi connectivity index (χ2n) is 5.51. The Bertz CT molecular complexity index is 844. The van der Waals surface area contributed by atoms with Gasteiger partial charge in [-0.25, -0.2) is 4.98 Å². The molecule has 0 unspecified atom stereocenters. The van der Waals surface area contributed by atoms with E-state index in [0.29, 0.717) is 5.75 Å². The van der Waals surface area contributed by atoms with Gasteiger partial charge in [0.1, 0.15) is 5.03 Å². The minimum absolute atomic E-state index is 0.0202. The lowest BCUT2D eigenvalue weighted by Gasteiger charge is -2.08. The first kappa shape index (κ1) is 15.6. The molecule has 2 aromatic carbocycles. The van der Waals surface area contributed by atoms with Crippen LogP contribution in [-0.4, -0.2) is 16.6 Å². The highest BCUT2D eigenvalue weighted by molar-refractivity contribution is 8.00. The normalized spacial score (nSPS) is 10.7. The third kappa shape index (κ3) is 3.90. The minimum Gasteiger partial charge on any atom is -0.325 e. The van der Waals surface area contributed by atoms with Crippen molar-refractivity contribution in [2.45, 2.75) is 18.9 Å². The Labute approximate surface area is 140 Å². The predicted octanol–water partition coefficient (Wildman–Crippen LogP) is 4.58. The molecule has 1 amide bonds. The molecule has 0 aliphatic carbocycles.